The molecule has 3 aromatic carbocycles. The van der Waals surface area contributed by atoms with Crippen LogP contribution in [0, 0.1) is 11.8 Å². The van der Waals surface area contributed by atoms with Gasteiger partial charge in [0.25, 0.3) is 0 Å². The highest BCUT2D eigenvalue weighted by atomic mass is 16.5. The molecule has 3 aromatic rings. The first-order chi connectivity index (χ1) is 22.7. The fraction of sp³-hybridized carbons (Fsp3) is 0.487. The van der Waals surface area contributed by atoms with E-state index in [9.17, 15) is 10.2 Å². The summed E-state index contributed by atoms with van der Waals surface area (Å²) in [4.78, 5) is 9.98. The number of unbranched alkanes of at least 4 members (excludes halogenated alkanes) is 2. The van der Waals surface area contributed by atoms with E-state index >= 15 is 0 Å². The Kier molecular flexibility index (Phi) is 13.0. The van der Waals surface area contributed by atoms with Gasteiger partial charge < -0.3 is 29.7 Å². The zero-order valence-corrected chi connectivity index (χ0v) is 29.0. The fourth-order valence-electron chi connectivity index (χ4n) is 5.79. The van der Waals surface area contributed by atoms with Crippen LogP contribution in [0.15, 0.2) is 70.6 Å². The van der Waals surface area contributed by atoms with Crippen molar-refractivity contribution in [3.8, 4) is 28.7 Å². The maximum atomic E-state index is 11.3. The van der Waals surface area contributed by atoms with Crippen molar-refractivity contribution in [2.75, 3.05) is 20.3 Å². The van der Waals surface area contributed by atoms with Gasteiger partial charge in [0.05, 0.1) is 25.9 Å². The Bertz CT molecular complexity index is 1500. The molecule has 8 nitrogen and oxygen atoms in total. The third-order valence-corrected chi connectivity index (χ3v) is 9.02. The highest BCUT2D eigenvalue weighted by molar-refractivity contribution is 6.17. The average Bonchev–Trinajstić information content (AvgIpc) is 3.08. The first kappa shape index (κ1) is 35.7. The Hall–Kier alpha value is -4.20. The first-order valence-electron chi connectivity index (χ1n) is 17.3. The zero-order valence-electron chi connectivity index (χ0n) is 29.0. The van der Waals surface area contributed by atoms with Crippen molar-refractivity contribution in [2.45, 2.75) is 91.6 Å². The summed E-state index contributed by atoms with van der Waals surface area (Å²) < 4.78 is 17.5. The Morgan fingerprint density at radius 2 is 1.23 bits per heavy atom. The van der Waals surface area contributed by atoms with Gasteiger partial charge in [-0.25, -0.2) is 9.98 Å². The van der Waals surface area contributed by atoms with Crippen LogP contribution in [0.4, 0.5) is 0 Å². The number of amidine groups is 2. The van der Waals surface area contributed by atoms with E-state index in [1.807, 2.05) is 49.4 Å². The van der Waals surface area contributed by atoms with Crippen LogP contribution in [0.3, 0.4) is 0 Å². The minimum Gasteiger partial charge on any atom is -0.507 e. The van der Waals surface area contributed by atoms with Crippen LogP contribution in [0.2, 0.25) is 0 Å². The summed E-state index contributed by atoms with van der Waals surface area (Å²) in [6, 6.07) is 18.2. The summed E-state index contributed by atoms with van der Waals surface area (Å²) >= 11 is 0. The first-order valence-corrected chi connectivity index (χ1v) is 17.3. The summed E-state index contributed by atoms with van der Waals surface area (Å²) in [5.41, 5.74) is 0.615. The number of methoxy groups -OCH3 is 1. The van der Waals surface area contributed by atoms with E-state index in [4.69, 9.17) is 24.2 Å². The van der Waals surface area contributed by atoms with E-state index in [1.54, 1.807) is 25.3 Å². The Morgan fingerprint density at radius 3 is 1.74 bits per heavy atom. The molecule has 47 heavy (non-hydrogen) atoms. The van der Waals surface area contributed by atoms with Crippen molar-refractivity contribution >= 4 is 11.7 Å². The van der Waals surface area contributed by atoms with Crippen molar-refractivity contribution in [2.24, 2.45) is 21.8 Å². The lowest BCUT2D eigenvalue weighted by Gasteiger charge is -2.30. The minimum absolute atomic E-state index is 0.0372. The second-order valence-corrected chi connectivity index (χ2v) is 12.6. The molecular weight excluding hydrogens is 590 g/mol. The van der Waals surface area contributed by atoms with Gasteiger partial charge in [0, 0.05) is 23.3 Å². The van der Waals surface area contributed by atoms with Crippen molar-refractivity contribution in [3.05, 3.63) is 77.4 Å². The van der Waals surface area contributed by atoms with Crippen LogP contribution >= 0.6 is 0 Å². The third-order valence-electron chi connectivity index (χ3n) is 9.02. The number of nitrogens with one attached hydrogen (secondary N) is 1. The van der Waals surface area contributed by atoms with Gasteiger partial charge in [-0.3, -0.25) is 0 Å². The number of hydrogen-bond donors (Lipinski definition) is 3. The van der Waals surface area contributed by atoms with Crippen molar-refractivity contribution in [1.29, 1.82) is 0 Å². The van der Waals surface area contributed by atoms with Gasteiger partial charge in [0.2, 0.25) is 0 Å². The van der Waals surface area contributed by atoms with Gasteiger partial charge in [-0.15, -0.1) is 0 Å². The number of nitrogens with zero attached hydrogens (tertiary/aromatic N) is 2. The average molecular weight is 644 g/mol. The normalized spacial score (nSPS) is 17.2. The lowest BCUT2D eigenvalue weighted by Crippen LogP contribution is -2.40. The molecule has 0 spiro atoms. The van der Waals surface area contributed by atoms with E-state index in [1.165, 1.54) is 12.8 Å². The number of hydrogen-bond acceptors (Lipinski definition) is 8. The van der Waals surface area contributed by atoms with Crippen molar-refractivity contribution in [3.63, 3.8) is 0 Å². The lowest BCUT2D eigenvalue weighted by molar-refractivity contribution is 0.232. The van der Waals surface area contributed by atoms with Crippen LogP contribution < -0.4 is 19.5 Å². The van der Waals surface area contributed by atoms with Gasteiger partial charge >= 0.3 is 0 Å². The predicted octanol–water partition coefficient (Wildman–Crippen LogP) is 8.97. The van der Waals surface area contributed by atoms with Crippen LogP contribution in [-0.2, 0) is 5.66 Å². The molecule has 0 fully saturated rings. The van der Waals surface area contributed by atoms with Gasteiger partial charge in [-0.05, 0) is 80.1 Å². The minimum atomic E-state index is -1.21. The maximum Gasteiger partial charge on any atom is 0.181 e. The van der Waals surface area contributed by atoms with Crippen LogP contribution in [-0.4, -0.2) is 42.2 Å². The van der Waals surface area contributed by atoms with E-state index in [2.05, 4.69) is 33.0 Å². The molecule has 0 bridgehead atoms. The molecule has 254 valence electrons. The molecule has 1 heterocycles. The van der Waals surface area contributed by atoms with Crippen molar-refractivity contribution < 1.29 is 24.4 Å². The van der Waals surface area contributed by atoms with Crippen LogP contribution in [0.25, 0.3) is 0 Å². The monoisotopic (exact) mass is 643 g/mol. The summed E-state index contributed by atoms with van der Waals surface area (Å²) in [6.45, 7) is 11.8. The fourth-order valence-corrected chi connectivity index (χ4v) is 5.79. The molecule has 0 amide bonds. The summed E-state index contributed by atoms with van der Waals surface area (Å²) in [5, 5.41) is 25.9. The molecule has 0 radical (unpaired) electrons. The summed E-state index contributed by atoms with van der Waals surface area (Å²) in [7, 11) is 1.63. The molecule has 3 unspecified atom stereocenters. The highest BCUT2D eigenvalue weighted by Crippen LogP contribution is 2.39. The summed E-state index contributed by atoms with van der Waals surface area (Å²) in [5.74, 6) is 3.93. The van der Waals surface area contributed by atoms with Gasteiger partial charge in [-0.2, -0.15) is 0 Å². The Morgan fingerprint density at radius 1 is 0.702 bits per heavy atom. The molecule has 4 rings (SSSR count). The van der Waals surface area contributed by atoms with Gasteiger partial charge in [0.1, 0.15) is 40.4 Å². The van der Waals surface area contributed by atoms with E-state index in [0.29, 0.717) is 59.3 Å². The van der Waals surface area contributed by atoms with E-state index < -0.39 is 5.66 Å². The van der Waals surface area contributed by atoms with Gasteiger partial charge in [0.15, 0.2) is 5.66 Å². The predicted molar refractivity (Wildman–Crippen MR) is 190 cm³/mol. The second kappa shape index (κ2) is 17.1. The number of aromatic hydroxyl groups is 2. The van der Waals surface area contributed by atoms with Gasteiger partial charge in [-0.1, -0.05) is 66.2 Å². The number of benzene rings is 3. The van der Waals surface area contributed by atoms with E-state index in [0.717, 1.165) is 49.8 Å². The maximum absolute atomic E-state index is 11.3. The molecule has 1 aliphatic heterocycles. The number of aliphatic imine (C=N–C) groups is 2. The molecule has 3 N–H and O–H groups in total. The molecule has 0 aliphatic carbocycles. The van der Waals surface area contributed by atoms with Crippen molar-refractivity contribution in [1.82, 2.24) is 5.32 Å². The summed E-state index contributed by atoms with van der Waals surface area (Å²) in [6.07, 6.45) is 9.03. The third kappa shape index (κ3) is 9.43. The molecular formula is C39H53N3O5. The van der Waals surface area contributed by atoms with E-state index in [-0.39, 0.29) is 11.5 Å². The molecule has 8 heteroatoms. The molecule has 0 saturated carbocycles. The number of phenols is 2. The lowest BCUT2D eigenvalue weighted by atomic mass is 9.98. The Labute approximate surface area is 280 Å². The molecule has 0 aromatic heterocycles. The van der Waals surface area contributed by atoms with Crippen LogP contribution in [0.5, 0.6) is 28.7 Å². The zero-order chi connectivity index (χ0) is 33.8. The van der Waals surface area contributed by atoms with Crippen LogP contribution in [0.1, 0.15) is 103 Å². The quantitative estimate of drug-likeness (QED) is 0.128. The molecule has 1 aliphatic rings. The second-order valence-electron chi connectivity index (χ2n) is 12.6. The molecule has 0 saturated heterocycles. The molecule has 3 atom stereocenters. The smallest absolute Gasteiger partial charge is 0.181 e. The highest BCUT2D eigenvalue weighted by Gasteiger charge is 2.34. The standard InChI is InChI=1S/C39H53N3O5/c1-7-11-13-27(9-3)25-46-31-19-21-33(35(43)23-31)38-40-37(29-15-17-30(45-6)18-16-29)41-39(5,42-38)34-22-20-32(24-36(34)44)47-26-28(10-4)14-12-8-2/h15-24,27-28,43-44H,7-14,25-26H2,1-6H3,(H,40,41,42). The Balaban J connectivity index is 1.65. The topological polar surface area (TPSA) is 105 Å². The largest absolute Gasteiger partial charge is 0.507 e. The number of rotatable bonds is 18. The number of phenolic OH excluding ortho intramolecular Hbond substituents is 2. The SMILES string of the molecule is CCCCC(CC)COc1ccc(C2=NC(C)(c3ccc(OCC(CC)CCCC)cc3O)N=C(c3ccc(OC)cc3)N2)c(O)c1. The number of ether oxygens (including phenoxy) is 3.